The Morgan fingerprint density at radius 3 is 2.83 bits per heavy atom. The molecular weight excluding hydrogens is 380 g/mol. The molecule has 1 aliphatic rings. The molecular formula is C22H26N6O2. The van der Waals surface area contributed by atoms with Gasteiger partial charge in [-0.2, -0.15) is 9.97 Å². The van der Waals surface area contributed by atoms with Gasteiger partial charge >= 0.3 is 6.01 Å². The third-order valence-corrected chi connectivity index (χ3v) is 4.95. The highest BCUT2D eigenvalue weighted by atomic mass is 16.5. The summed E-state index contributed by atoms with van der Waals surface area (Å²) in [4.78, 5) is 18.0. The summed E-state index contributed by atoms with van der Waals surface area (Å²) in [5.41, 5.74) is 9.45. The number of aromatic nitrogens is 5. The fourth-order valence-electron chi connectivity index (χ4n) is 3.36. The maximum atomic E-state index is 6.23. The Morgan fingerprint density at radius 1 is 1.17 bits per heavy atom. The van der Waals surface area contributed by atoms with Crippen LogP contribution in [0.2, 0.25) is 0 Å². The molecule has 1 aliphatic carbocycles. The summed E-state index contributed by atoms with van der Waals surface area (Å²) < 4.78 is 13.1. The molecule has 0 unspecified atom stereocenters. The summed E-state index contributed by atoms with van der Waals surface area (Å²) in [6, 6.07) is 2.18. The molecule has 4 rings (SSSR count). The Hall–Kier alpha value is -3.42. The normalized spacial score (nSPS) is 13.5. The van der Waals surface area contributed by atoms with Crippen LogP contribution in [0.25, 0.3) is 22.6 Å². The van der Waals surface area contributed by atoms with Crippen LogP contribution in [0.5, 0.6) is 11.8 Å². The molecule has 0 bridgehead atoms. The zero-order valence-corrected chi connectivity index (χ0v) is 17.3. The van der Waals surface area contributed by atoms with Gasteiger partial charge in [0.15, 0.2) is 17.0 Å². The van der Waals surface area contributed by atoms with E-state index in [2.05, 4.69) is 40.1 Å². The van der Waals surface area contributed by atoms with Gasteiger partial charge in [0.1, 0.15) is 11.6 Å². The van der Waals surface area contributed by atoms with Crippen LogP contribution in [0.3, 0.4) is 0 Å². The van der Waals surface area contributed by atoms with Crippen LogP contribution in [-0.4, -0.2) is 38.2 Å². The molecule has 0 aliphatic heterocycles. The number of ether oxygens (including phenoxy) is 2. The van der Waals surface area contributed by atoms with Crippen molar-refractivity contribution in [2.24, 2.45) is 0 Å². The lowest BCUT2D eigenvalue weighted by Crippen LogP contribution is -2.07. The Morgan fingerprint density at radius 2 is 2.07 bits per heavy atom. The fourth-order valence-corrected chi connectivity index (χ4v) is 3.36. The predicted molar refractivity (Wildman–Crippen MR) is 116 cm³/mol. The molecule has 3 aromatic heterocycles. The van der Waals surface area contributed by atoms with Gasteiger partial charge in [0.2, 0.25) is 0 Å². The molecule has 8 heteroatoms. The van der Waals surface area contributed by atoms with Crippen molar-refractivity contribution in [1.29, 1.82) is 0 Å². The minimum Gasteiger partial charge on any atom is -0.495 e. The quantitative estimate of drug-likeness (QED) is 0.566. The van der Waals surface area contributed by atoms with Gasteiger partial charge in [-0.1, -0.05) is 31.6 Å². The SMILES string of the molecule is CCCCOc1nc(N)c2nc(-c3cncc(OC)c3)n(CC3=CCCC=C3)c2n1. The molecule has 0 atom stereocenters. The number of allylic oxidation sites excluding steroid dienone is 4. The van der Waals surface area contributed by atoms with Crippen LogP contribution in [0, 0.1) is 0 Å². The minimum atomic E-state index is 0.276. The Kier molecular flexibility index (Phi) is 5.92. The van der Waals surface area contributed by atoms with Crippen molar-refractivity contribution in [2.75, 3.05) is 19.5 Å². The standard InChI is InChI=1S/C22H26N6O2/c1-3-4-10-30-22-26-19(23)18-21(27-22)28(14-15-8-6-5-7-9-15)20(25-18)16-11-17(29-2)13-24-12-16/h6,8-9,11-13H,3-5,7,10,14H2,1-2H3,(H2,23,26,27). The third kappa shape index (κ3) is 4.12. The lowest BCUT2D eigenvalue weighted by molar-refractivity contribution is 0.286. The Labute approximate surface area is 175 Å². The molecule has 3 heterocycles. The molecule has 156 valence electrons. The first-order valence-corrected chi connectivity index (χ1v) is 10.2. The molecule has 3 aromatic rings. The molecule has 0 aromatic carbocycles. The highest BCUT2D eigenvalue weighted by Crippen LogP contribution is 2.30. The number of nitrogen functional groups attached to an aromatic ring is 1. The molecule has 0 spiro atoms. The third-order valence-electron chi connectivity index (χ3n) is 4.95. The smallest absolute Gasteiger partial charge is 0.320 e. The number of fused-ring (bicyclic) bond motifs is 1. The van der Waals surface area contributed by atoms with Crippen molar-refractivity contribution in [3.63, 3.8) is 0 Å². The number of unbranched alkanes of at least 4 members (excludes halogenated alkanes) is 1. The first-order chi connectivity index (χ1) is 14.7. The number of rotatable bonds is 8. The second-order valence-corrected chi connectivity index (χ2v) is 7.16. The maximum absolute atomic E-state index is 6.23. The average Bonchev–Trinajstić information content (AvgIpc) is 3.14. The van der Waals surface area contributed by atoms with Crippen molar-refractivity contribution in [2.45, 2.75) is 39.2 Å². The minimum absolute atomic E-state index is 0.276. The van der Waals surface area contributed by atoms with Gasteiger partial charge < -0.3 is 19.8 Å². The van der Waals surface area contributed by atoms with E-state index < -0.39 is 0 Å². The first kappa shape index (κ1) is 19.9. The molecule has 0 amide bonds. The summed E-state index contributed by atoms with van der Waals surface area (Å²) in [6.07, 6.45) is 14.0. The van der Waals surface area contributed by atoms with E-state index in [1.165, 1.54) is 5.57 Å². The summed E-state index contributed by atoms with van der Waals surface area (Å²) >= 11 is 0. The zero-order valence-electron chi connectivity index (χ0n) is 17.3. The van der Waals surface area contributed by atoms with Crippen molar-refractivity contribution in [3.8, 4) is 23.1 Å². The molecule has 0 radical (unpaired) electrons. The van der Waals surface area contributed by atoms with Gasteiger partial charge in [-0.15, -0.1) is 0 Å². The number of anilines is 1. The molecule has 0 saturated carbocycles. The number of hydrogen-bond acceptors (Lipinski definition) is 7. The number of methoxy groups -OCH3 is 1. The number of hydrogen-bond donors (Lipinski definition) is 1. The number of imidazole rings is 1. The van der Waals surface area contributed by atoms with E-state index in [-0.39, 0.29) is 6.01 Å². The number of nitrogens with two attached hydrogens (primary N) is 1. The monoisotopic (exact) mass is 406 g/mol. The van der Waals surface area contributed by atoms with Crippen molar-refractivity contribution < 1.29 is 9.47 Å². The maximum Gasteiger partial charge on any atom is 0.320 e. The van der Waals surface area contributed by atoms with E-state index in [0.717, 1.165) is 31.2 Å². The molecule has 2 N–H and O–H groups in total. The van der Waals surface area contributed by atoms with E-state index in [9.17, 15) is 0 Å². The lowest BCUT2D eigenvalue weighted by atomic mass is 10.1. The highest BCUT2D eigenvalue weighted by Gasteiger charge is 2.20. The van der Waals surface area contributed by atoms with Gasteiger partial charge in [0.25, 0.3) is 0 Å². The lowest BCUT2D eigenvalue weighted by Gasteiger charge is -2.12. The Balaban J connectivity index is 1.84. The van der Waals surface area contributed by atoms with Crippen molar-refractivity contribution >= 4 is 17.0 Å². The molecule has 0 fully saturated rings. The van der Waals surface area contributed by atoms with E-state index in [4.69, 9.17) is 20.2 Å². The topological polar surface area (TPSA) is 101 Å². The number of nitrogens with zero attached hydrogens (tertiary/aromatic N) is 5. The van der Waals surface area contributed by atoms with Crippen LogP contribution in [-0.2, 0) is 6.54 Å². The molecule has 8 nitrogen and oxygen atoms in total. The fraction of sp³-hybridized carbons (Fsp3) is 0.364. The van der Waals surface area contributed by atoms with Crippen LogP contribution >= 0.6 is 0 Å². The Bertz CT molecular complexity index is 1100. The summed E-state index contributed by atoms with van der Waals surface area (Å²) in [7, 11) is 1.62. The average molecular weight is 406 g/mol. The van der Waals surface area contributed by atoms with E-state index >= 15 is 0 Å². The summed E-state index contributed by atoms with van der Waals surface area (Å²) in [6.45, 7) is 3.28. The molecule has 0 saturated heterocycles. The summed E-state index contributed by atoms with van der Waals surface area (Å²) in [5.74, 6) is 1.67. The molecule has 30 heavy (non-hydrogen) atoms. The number of pyridine rings is 1. The van der Waals surface area contributed by atoms with Gasteiger partial charge in [-0.25, -0.2) is 4.98 Å². The zero-order chi connectivity index (χ0) is 20.9. The van der Waals surface area contributed by atoms with Gasteiger partial charge in [0, 0.05) is 11.8 Å². The van der Waals surface area contributed by atoms with Crippen LogP contribution in [0.1, 0.15) is 32.6 Å². The first-order valence-electron chi connectivity index (χ1n) is 10.2. The van der Waals surface area contributed by atoms with E-state index in [1.54, 1.807) is 19.5 Å². The van der Waals surface area contributed by atoms with E-state index in [1.807, 2.05) is 10.6 Å². The second-order valence-electron chi connectivity index (χ2n) is 7.16. The predicted octanol–water partition coefficient (Wildman–Crippen LogP) is 3.93. The van der Waals surface area contributed by atoms with Gasteiger partial charge in [-0.05, 0) is 30.9 Å². The van der Waals surface area contributed by atoms with Gasteiger partial charge in [-0.3, -0.25) is 4.98 Å². The van der Waals surface area contributed by atoms with Crippen LogP contribution in [0.15, 0.2) is 42.3 Å². The van der Waals surface area contributed by atoms with E-state index in [0.29, 0.717) is 41.7 Å². The van der Waals surface area contributed by atoms with Crippen LogP contribution in [0.4, 0.5) is 5.82 Å². The van der Waals surface area contributed by atoms with Crippen molar-refractivity contribution in [1.82, 2.24) is 24.5 Å². The largest absolute Gasteiger partial charge is 0.495 e. The summed E-state index contributed by atoms with van der Waals surface area (Å²) in [5, 5.41) is 0. The van der Waals surface area contributed by atoms with Gasteiger partial charge in [0.05, 0.1) is 26.5 Å². The highest BCUT2D eigenvalue weighted by molar-refractivity contribution is 5.86. The second kappa shape index (κ2) is 8.94. The van der Waals surface area contributed by atoms with Crippen molar-refractivity contribution in [3.05, 3.63) is 42.3 Å². The van der Waals surface area contributed by atoms with Crippen LogP contribution < -0.4 is 15.2 Å².